The zero-order valence-electron chi connectivity index (χ0n) is 59.9. The van der Waals surface area contributed by atoms with Crippen LogP contribution in [0.15, 0.2) is 188 Å². The highest BCUT2D eigenvalue weighted by Crippen LogP contribution is 2.34. The van der Waals surface area contributed by atoms with E-state index in [2.05, 4.69) is 4.98 Å². The van der Waals surface area contributed by atoms with Crippen LogP contribution >= 0.6 is 0 Å². The highest BCUT2D eigenvalue weighted by Gasteiger charge is 2.33. The van der Waals surface area contributed by atoms with E-state index >= 15 is 0 Å². The molecule has 0 fully saturated rings. The van der Waals surface area contributed by atoms with Gasteiger partial charge in [0.15, 0.2) is 52.0 Å². The molecule has 0 spiro atoms. The lowest BCUT2D eigenvalue weighted by Gasteiger charge is -2.10. The highest BCUT2D eigenvalue weighted by molar-refractivity contribution is 6.00. The molecule has 540 valence electrons. The number of alkyl halides is 3. The number of aryl methyl sites for hydroxylation is 4. The fourth-order valence-corrected chi connectivity index (χ4v) is 8.35. The Hall–Kier alpha value is -12.8. The van der Waals surface area contributed by atoms with Crippen LogP contribution in [-0.2, 0) is 6.18 Å². The third-order valence-corrected chi connectivity index (χ3v) is 14.6. The third kappa shape index (κ3) is 30.5. The monoisotopic (exact) mass is 1410 g/mol. The molecule has 0 unspecified atom stereocenters. The van der Waals surface area contributed by atoms with Crippen LogP contribution in [0.1, 0.15) is 183 Å². The zero-order chi connectivity index (χ0) is 78.3. The third-order valence-electron chi connectivity index (χ3n) is 14.6. The average molecular weight is 1410 g/mol. The van der Waals surface area contributed by atoms with Crippen molar-refractivity contribution in [2.75, 3.05) is 57.3 Å². The summed E-state index contributed by atoms with van der Waals surface area (Å²) in [6.45, 7) is 21.0. The van der Waals surface area contributed by atoms with Gasteiger partial charge < -0.3 is 57.3 Å². The van der Waals surface area contributed by atoms with Crippen molar-refractivity contribution in [3.05, 3.63) is 266 Å². The molecule has 0 aliphatic heterocycles. The minimum atomic E-state index is -4.52. The van der Waals surface area contributed by atoms with Crippen molar-refractivity contribution in [3.63, 3.8) is 0 Å². The molecule has 0 aliphatic carbocycles. The average Bonchev–Trinajstić information content (AvgIpc) is 0.824. The largest absolute Gasteiger partial charge is 0.418 e. The lowest BCUT2D eigenvalue weighted by molar-refractivity contribution is -0.136. The fourth-order valence-electron chi connectivity index (χ4n) is 8.35. The van der Waals surface area contributed by atoms with Gasteiger partial charge in [0.2, 0.25) is 0 Å². The van der Waals surface area contributed by atoms with Crippen LogP contribution in [0, 0.1) is 27.7 Å². The van der Waals surface area contributed by atoms with Gasteiger partial charge in [0.1, 0.15) is 11.5 Å². The van der Waals surface area contributed by atoms with Crippen LogP contribution in [0.4, 0.5) is 70.2 Å². The van der Waals surface area contributed by atoms with Gasteiger partial charge in [-0.15, -0.1) is 0 Å². The Balaban J connectivity index is 0.000000395. The Bertz CT molecular complexity index is 4460. The number of pyridine rings is 1. The summed E-state index contributed by atoms with van der Waals surface area (Å²) in [6.07, 6.45) is -4.52. The van der Waals surface area contributed by atoms with Gasteiger partial charge >= 0.3 is 6.18 Å². The summed E-state index contributed by atoms with van der Waals surface area (Å²) in [5, 5.41) is 2.11. The van der Waals surface area contributed by atoms with Crippen molar-refractivity contribution in [2.45, 2.75) is 96.2 Å². The summed E-state index contributed by atoms with van der Waals surface area (Å²) in [5.41, 5.74) is 67.9. The summed E-state index contributed by atoms with van der Waals surface area (Å²) in [5.74, 6) is 0.314. The number of aromatic nitrogens is 1. The smallest absolute Gasteiger partial charge is 0.399 e. The first-order valence-corrected chi connectivity index (χ1v) is 31.5. The van der Waals surface area contributed by atoms with E-state index in [4.69, 9.17) is 57.3 Å². The van der Waals surface area contributed by atoms with Gasteiger partial charge in [-0.05, 0) is 256 Å². The standard InChI is InChI=1S/C12H11NO.C10H13NO.C9H8F3NO.2C9H11NO.C8H10N2O.2C8H9NO.C7H8N2O/c1-8(14)9-2-3-11-7-12(13)5-4-10(11)6-9;1-6-4-9(8(3)12)5-7(2)10(6)11;1-5(14)6-2-3-8(13)7(4-6)9(10,11)12;1-6-5-8(7(2)11)3-4-9(6)10;1-6-3-4-8(7(2)11)5-9(6)10;1-5(11)6-2-3-7(9)8(10)4-6;1-6(10)7-2-4-8(9)5-3-7;1-6(10)7-3-2-4-8(9)5-7;1-5(10)6-3-2-4-7(8)9-6/h2-7H,13H2,1H3;4-5H,11H2,1-3H3;2-4H,13H2,1H3;2*3-5H,10H2,1-2H3;2-4H,9-10H2,1H3;2*2-5H,9H2,1H3;2-4H,1H3,(H2,8,9). The molecule has 9 aromatic carbocycles. The molecule has 20 nitrogen and oxygen atoms in total. The number of hydrogen-bond donors (Lipinski definition) is 10. The number of halogens is 3. The number of carbonyl (C=O) groups excluding carboxylic acids is 9. The van der Waals surface area contributed by atoms with Crippen LogP contribution in [-0.4, -0.2) is 57.0 Å². The molecule has 1 heterocycles. The van der Waals surface area contributed by atoms with E-state index in [1.807, 2.05) is 82.3 Å². The number of fused-ring (bicyclic) bond motifs is 1. The molecule has 0 radical (unpaired) electrons. The first-order chi connectivity index (χ1) is 47.9. The second-order valence-electron chi connectivity index (χ2n) is 23.3. The summed E-state index contributed by atoms with van der Waals surface area (Å²) in [4.78, 5) is 101. The minimum absolute atomic E-state index is 0.00306. The SMILES string of the molecule is CC(=O)c1cc(C)c(N)c(C)c1.CC(=O)c1ccc(C)c(N)c1.CC(=O)c1ccc(N)c(C(F)(F)F)c1.CC(=O)c1ccc(N)c(C)c1.CC(=O)c1ccc(N)c(N)c1.CC(=O)c1ccc(N)cc1.CC(=O)c1ccc2cc(N)ccc2c1.CC(=O)c1cccc(N)c1.CC(=O)c1cccc(N)n1. The number of carbonyl (C=O) groups is 9. The lowest BCUT2D eigenvalue weighted by atomic mass is 10.0. The van der Waals surface area contributed by atoms with Crippen molar-refractivity contribution in [3.8, 4) is 0 Å². The molecule has 0 atom stereocenters. The molecule has 0 saturated carbocycles. The number of ketones is 9. The Morgan fingerprint density at radius 1 is 0.282 bits per heavy atom. The molecule has 10 aromatic rings. The predicted molar refractivity (Wildman–Crippen MR) is 411 cm³/mol. The molecule has 10 rings (SSSR count). The van der Waals surface area contributed by atoms with Crippen molar-refractivity contribution < 1.29 is 56.3 Å². The maximum absolute atomic E-state index is 12.3. The normalized spacial score (nSPS) is 9.90. The van der Waals surface area contributed by atoms with Gasteiger partial charge in [0.05, 0.1) is 16.9 Å². The molecule has 0 bridgehead atoms. The molecule has 0 aliphatic rings. The Kier molecular flexibility index (Phi) is 34.3. The van der Waals surface area contributed by atoms with Crippen molar-refractivity contribution in [2.24, 2.45) is 0 Å². The Morgan fingerprint density at radius 3 is 1.08 bits per heavy atom. The van der Waals surface area contributed by atoms with Crippen molar-refractivity contribution in [1.82, 2.24) is 4.98 Å². The maximum atomic E-state index is 12.3. The number of anilines is 10. The summed E-state index contributed by atoms with van der Waals surface area (Å²) < 4.78 is 36.9. The van der Waals surface area contributed by atoms with E-state index in [1.54, 1.807) is 136 Å². The number of benzene rings is 9. The first-order valence-electron chi connectivity index (χ1n) is 31.5. The van der Waals surface area contributed by atoms with E-state index in [1.165, 1.54) is 47.6 Å². The van der Waals surface area contributed by atoms with Crippen molar-refractivity contribution in [1.29, 1.82) is 0 Å². The Labute approximate surface area is 598 Å². The second kappa shape index (κ2) is 40.9. The van der Waals surface area contributed by atoms with Gasteiger partial charge in [0, 0.05) is 91.2 Å². The molecular formula is C80H90F3N11O9. The van der Waals surface area contributed by atoms with E-state index < -0.39 is 17.5 Å². The number of Topliss-reactive ketones (excluding diaryl/α,β-unsaturated/α-hetero) is 9. The number of rotatable bonds is 9. The predicted octanol–water partition coefficient (Wildman–Crippen LogP) is 15.6. The molecule has 0 amide bonds. The minimum Gasteiger partial charge on any atom is -0.399 e. The first kappa shape index (κ1) is 86.3. The van der Waals surface area contributed by atoms with Gasteiger partial charge in [0.25, 0.3) is 0 Å². The van der Waals surface area contributed by atoms with Gasteiger partial charge in [-0.3, -0.25) is 43.2 Å². The molecular weight excluding hydrogens is 1320 g/mol. The van der Waals surface area contributed by atoms with E-state index in [0.29, 0.717) is 62.2 Å². The zero-order valence-corrected chi connectivity index (χ0v) is 59.9. The molecule has 103 heavy (non-hydrogen) atoms. The van der Waals surface area contributed by atoms with Gasteiger partial charge in [-0.2, -0.15) is 13.2 Å². The van der Waals surface area contributed by atoms with Gasteiger partial charge in [-0.25, -0.2) is 4.98 Å². The molecule has 0 saturated heterocycles. The van der Waals surface area contributed by atoms with Crippen molar-refractivity contribution >= 4 is 120 Å². The highest BCUT2D eigenvalue weighted by atomic mass is 19.4. The topological polar surface area (TPSA) is 427 Å². The van der Waals surface area contributed by atoms with E-state index in [9.17, 15) is 56.3 Å². The molecule has 20 N–H and O–H groups in total. The fraction of sp³-hybridized carbons (Fsp3) is 0.175. The summed E-state index contributed by atoms with van der Waals surface area (Å²) >= 11 is 0. The Morgan fingerprint density at radius 2 is 0.650 bits per heavy atom. The van der Waals surface area contributed by atoms with Crippen LogP contribution in [0.2, 0.25) is 0 Å². The number of nitrogens with two attached hydrogens (primary N) is 10. The molecule has 1 aromatic heterocycles. The van der Waals surface area contributed by atoms with E-state index in [0.717, 1.165) is 78.9 Å². The summed E-state index contributed by atoms with van der Waals surface area (Å²) in [6, 6.07) is 52.4. The quantitative estimate of drug-likeness (QED) is 0.0474. The lowest BCUT2D eigenvalue weighted by Crippen LogP contribution is -2.10. The molecule has 23 heteroatoms. The van der Waals surface area contributed by atoms with Gasteiger partial charge in [-0.1, -0.05) is 48.5 Å². The number of hydrogen-bond acceptors (Lipinski definition) is 20. The van der Waals surface area contributed by atoms with Crippen LogP contribution < -0.4 is 57.3 Å². The number of nitrogens with zero attached hydrogens (tertiary/aromatic N) is 1. The maximum Gasteiger partial charge on any atom is 0.418 e. The van der Waals surface area contributed by atoms with E-state index in [-0.39, 0.29) is 57.5 Å². The summed E-state index contributed by atoms with van der Waals surface area (Å²) in [7, 11) is 0. The second-order valence-corrected chi connectivity index (χ2v) is 23.3. The number of nitrogen functional groups attached to an aromatic ring is 10. The van der Waals surface area contributed by atoms with Crippen LogP contribution in [0.5, 0.6) is 0 Å². The van der Waals surface area contributed by atoms with Crippen LogP contribution in [0.25, 0.3) is 10.8 Å². The van der Waals surface area contributed by atoms with Crippen LogP contribution in [0.3, 0.4) is 0 Å².